The van der Waals surface area contributed by atoms with Gasteiger partial charge in [0.25, 0.3) is 0 Å². The molecule has 1 aliphatic heterocycles. The molecule has 4 rings (SSSR count). The average Bonchev–Trinajstić information content (AvgIpc) is 2.79. The van der Waals surface area contributed by atoms with Crippen LogP contribution in [0.3, 0.4) is 0 Å². The number of hydrogen-bond acceptors (Lipinski definition) is 4. The number of para-hydroxylation sites is 2. The van der Waals surface area contributed by atoms with Crippen molar-refractivity contribution in [3.63, 3.8) is 0 Å². The first kappa shape index (κ1) is 23.3. The molecule has 5 nitrogen and oxygen atoms in total. The fourth-order valence-electron chi connectivity index (χ4n) is 4.34. The molecule has 1 amide bonds. The second kappa shape index (κ2) is 10.4. The number of aliphatic hydroxyl groups is 1. The minimum Gasteiger partial charge on any atom is -0.457 e. The summed E-state index contributed by atoms with van der Waals surface area (Å²) in [6.07, 6.45) is 0.629. The molecule has 0 spiro atoms. The van der Waals surface area contributed by atoms with Gasteiger partial charge in [0, 0.05) is 35.4 Å². The van der Waals surface area contributed by atoms with E-state index in [1.54, 1.807) is 0 Å². The lowest BCUT2D eigenvalue weighted by Gasteiger charge is -2.43. The molecule has 3 aromatic carbocycles. The van der Waals surface area contributed by atoms with E-state index in [4.69, 9.17) is 21.1 Å². The quantitative estimate of drug-likeness (QED) is 0.450. The lowest BCUT2D eigenvalue weighted by Crippen LogP contribution is -2.51. The largest absolute Gasteiger partial charge is 0.457 e. The molecule has 0 aliphatic carbocycles. The number of carbonyl (C=O) groups is 1. The van der Waals surface area contributed by atoms with E-state index >= 15 is 0 Å². The molecule has 0 unspecified atom stereocenters. The Balaban J connectivity index is 1.67. The lowest BCUT2D eigenvalue weighted by molar-refractivity contribution is -0.129. The van der Waals surface area contributed by atoms with Gasteiger partial charge in [0.2, 0.25) is 5.91 Å². The Morgan fingerprint density at radius 2 is 1.79 bits per heavy atom. The van der Waals surface area contributed by atoms with Crippen molar-refractivity contribution in [2.75, 3.05) is 6.61 Å². The maximum Gasteiger partial charge on any atom is 0.222 e. The summed E-state index contributed by atoms with van der Waals surface area (Å²) in [7, 11) is 0. The highest BCUT2D eigenvalue weighted by atomic mass is 35.5. The summed E-state index contributed by atoms with van der Waals surface area (Å²) in [6.45, 7) is 1.84. The monoisotopic (exact) mass is 465 g/mol. The number of nitrogens with one attached hydrogen (secondary N) is 1. The summed E-state index contributed by atoms with van der Waals surface area (Å²) in [5.41, 5.74) is 1.33. The number of carbonyl (C=O) groups excluding carboxylic acids is 1. The number of hydrogen-bond donors (Lipinski definition) is 2. The van der Waals surface area contributed by atoms with Crippen LogP contribution in [0, 0.1) is 0 Å². The zero-order chi connectivity index (χ0) is 23.3. The van der Waals surface area contributed by atoms with Crippen LogP contribution in [0.5, 0.6) is 11.5 Å². The SMILES string of the molecule is C[C@]1(NC(=O)CCO)C[C@@H](c2cccc(Cl)c2)O[C@@H](c2ccccc2Oc2ccccc2)C1. The van der Waals surface area contributed by atoms with Gasteiger partial charge in [-0.3, -0.25) is 4.79 Å². The van der Waals surface area contributed by atoms with Crippen LogP contribution >= 0.6 is 11.6 Å². The van der Waals surface area contributed by atoms with Gasteiger partial charge in [-0.05, 0) is 42.8 Å². The Labute approximate surface area is 199 Å². The molecule has 0 bridgehead atoms. The zero-order valence-electron chi connectivity index (χ0n) is 18.5. The molecule has 172 valence electrons. The summed E-state index contributed by atoms with van der Waals surface area (Å²) < 4.78 is 12.8. The van der Waals surface area contributed by atoms with Crippen LogP contribution in [0.4, 0.5) is 0 Å². The number of benzene rings is 3. The Bertz CT molecular complexity index is 1090. The van der Waals surface area contributed by atoms with Crippen molar-refractivity contribution in [3.8, 4) is 11.5 Å². The highest BCUT2D eigenvalue weighted by molar-refractivity contribution is 6.30. The Hall–Kier alpha value is -2.86. The normalized spacial score (nSPS) is 22.5. The van der Waals surface area contributed by atoms with Gasteiger partial charge in [0.05, 0.1) is 18.8 Å². The van der Waals surface area contributed by atoms with E-state index in [0.29, 0.717) is 23.6 Å². The summed E-state index contributed by atoms with van der Waals surface area (Å²) in [5, 5.41) is 13.0. The first-order chi connectivity index (χ1) is 16.0. The van der Waals surface area contributed by atoms with E-state index in [2.05, 4.69) is 5.32 Å². The van der Waals surface area contributed by atoms with Crippen LogP contribution < -0.4 is 10.1 Å². The molecule has 0 radical (unpaired) electrons. The van der Waals surface area contributed by atoms with Gasteiger partial charge >= 0.3 is 0 Å². The highest BCUT2D eigenvalue weighted by Gasteiger charge is 2.41. The van der Waals surface area contributed by atoms with E-state index in [1.165, 1.54) is 0 Å². The summed E-state index contributed by atoms with van der Waals surface area (Å²) >= 11 is 6.26. The molecule has 3 aromatic rings. The number of halogens is 1. The second-order valence-electron chi connectivity index (χ2n) is 8.61. The average molecular weight is 466 g/mol. The highest BCUT2D eigenvalue weighted by Crippen LogP contribution is 2.46. The van der Waals surface area contributed by atoms with E-state index in [-0.39, 0.29) is 31.1 Å². The van der Waals surface area contributed by atoms with Crippen LogP contribution in [0.2, 0.25) is 5.02 Å². The molecule has 1 aliphatic rings. The molecule has 0 saturated carbocycles. The molecule has 33 heavy (non-hydrogen) atoms. The molecular formula is C27H28ClNO4. The number of amides is 1. The minimum atomic E-state index is -0.540. The van der Waals surface area contributed by atoms with Crippen molar-refractivity contribution in [2.24, 2.45) is 0 Å². The molecule has 1 fully saturated rings. The van der Waals surface area contributed by atoms with Gasteiger partial charge in [0.15, 0.2) is 0 Å². The minimum absolute atomic E-state index is 0.0661. The molecular weight excluding hydrogens is 438 g/mol. The molecule has 0 aromatic heterocycles. The first-order valence-corrected chi connectivity index (χ1v) is 11.5. The molecule has 1 heterocycles. The summed E-state index contributed by atoms with van der Waals surface area (Å²) in [4.78, 5) is 12.4. The topological polar surface area (TPSA) is 67.8 Å². The van der Waals surface area contributed by atoms with Crippen molar-refractivity contribution >= 4 is 17.5 Å². The number of aliphatic hydroxyl groups excluding tert-OH is 1. The van der Waals surface area contributed by atoms with E-state index in [1.807, 2.05) is 85.8 Å². The maximum atomic E-state index is 12.4. The van der Waals surface area contributed by atoms with Gasteiger partial charge in [-0.2, -0.15) is 0 Å². The van der Waals surface area contributed by atoms with Gasteiger partial charge in [0.1, 0.15) is 11.5 Å². The second-order valence-corrected chi connectivity index (χ2v) is 9.05. The van der Waals surface area contributed by atoms with Crippen LogP contribution in [0.25, 0.3) is 0 Å². The number of ether oxygens (including phenoxy) is 2. The van der Waals surface area contributed by atoms with Crippen LogP contribution in [-0.2, 0) is 9.53 Å². The molecule has 1 saturated heterocycles. The Kier molecular flexibility index (Phi) is 7.33. The van der Waals surface area contributed by atoms with Crippen LogP contribution in [-0.4, -0.2) is 23.2 Å². The van der Waals surface area contributed by atoms with Gasteiger partial charge in [-0.25, -0.2) is 0 Å². The third-order valence-corrected chi connectivity index (χ3v) is 6.07. The maximum absolute atomic E-state index is 12.4. The first-order valence-electron chi connectivity index (χ1n) is 11.1. The van der Waals surface area contributed by atoms with Gasteiger partial charge < -0.3 is 19.9 Å². The van der Waals surface area contributed by atoms with Crippen molar-refractivity contribution in [3.05, 3.63) is 95.0 Å². The van der Waals surface area contributed by atoms with Gasteiger partial charge in [-0.1, -0.05) is 60.1 Å². The van der Waals surface area contributed by atoms with E-state index in [0.717, 1.165) is 16.9 Å². The van der Waals surface area contributed by atoms with Crippen molar-refractivity contribution in [1.29, 1.82) is 0 Å². The fraction of sp³-hybridized carbons (Fsp3) is 0.296. The lowest BCUT2D eigenvalue weighted by atomic mass is 9.81. The number of rotatable bonds is 7. The van der Waals surface area contributed by atoms with Gasteiger partial charge in [-0.15, -0.1) is 0 Å². The fourth-order valence-corrected chi connectivity index (χ4v) is 4.54. The Morgan fingerprint density at radius 1 is 1.06 bits per heavy atom. The van der Waals surface area contributed by atoms with Crippen molar-refractivity contribution in [1.82, 2.24) is 5.32 Å². The summed E-state index contributed by atoms with van der Waals surface area (Å²) in [6, 6.07) is 25.1. The molecule has 2 N–H and O–H groups in total. The zero-order valence-corrected chi connectivity index (χ0v) is 19.3. The third kappa shape index (κ3) is 5.93. The van der Waals surface area contributed by atoms with Crippen LogP contribution in [0.1, 0.15) is 49.5 Å². The van der Waals surface area contributed by atoms with Crippen molar-refractivity contribution < 1.29 is 19.4 Å². The Morgan fingerprint density at radius 3 is 2.55 bits per heavy atom. The van der Waals surface area contributed by atoms with Crippen LogP contribution in [0.15, 0.2) is 78.9 Å². The smallest absolute Gasteiger partial charge is 0.222 e. The standard InChI is InChI=1S/C27H28ClNO4/c1-27(29-26(31)14-15-30)17-24(19-8-7-9-20(28)16-19)33-25(18-27)22-12-5-6-13-23(22)32-21-10-3-2-4-11-21/h2-13,16,24-25,30H,14-15,17-18H2,1H3,(H,29,31)/t24-,25+,27-/m0/s1. The summed E-state index contributed by atoms with van der Waals surface area (Å²) in [5.74, 6) is 1.27. The molecule has 3 atom stereocenters. The van der Waals surface area contributed by atoms with E-state index < -0.39 is 5.54 Å². The predicted molar refractivity (Wildman–Crippen MR) is 128 cm³/mol. The molecule has 6 heteroatoms. The third-order valence-electron chi connectivity index (χ3n) is 5.84. The van der Waals surface area contributed by atoms with E-state index in [9.17, 15) is 9.90 Å². The predicted octanol–water partition coefficient (Wildman–Crippen LogP) is 5.98. The van der Waals surface area contributed by atoms with Crippen molar-refractivity contribution in [2.45, 2.75) is 43.9 Å².